The lowest BCUT2D eigenvalue weighted by atomic mass is 10.1. The lowest BCUT2D eigenvalue weighted by Crippen LogP contribution is -2.07. The predicted molar refractivity (Wildman–Crippen MR) is 121 cm³/mol. The Balaban J connectivity index is 1.68. The van der Waals surface area contributed by atoms with Crippen molar-refractivity contribution in [3.8, 4) is 28.8 Å². The van der Waals surface area contributed by atoms with Crippen LogP contribution >= 0.6 is 11.3 Å². The van der Waals surface area contributed by atoms with Gasteiger partial charge in [0.1, 0.15) is 6.07 Å². The van der Waals surface area contributed by atoms with Crippen LogP contribution in [0.1, 0.15) is 11.1 Å². The van der Waals surface area contributed by atoms with E-state index in [-0.39, 0.29) is 18.2 Å². The molecule has 32 heavy (non-hydrogen) atoms. The number of nitro groups is 1. The summed E-state index contributed by atoms with van der Waals surface area (Å²) in [6, 6.07) is 11.8. The number of hydrogen-bond donors (Lipinski definition) is 1. The zero-order valence-electron chi connectivity index (χ0n) is 17.2. The molecule has 0 spiro atoms. The summed E-state index contributed by atoms with van der Waals surface area (Å²) in [6.07, 6.45) is 2.95. The van der Waals surface area contributed by atoms with Crippen molar-refractivity contribution in [2.75, 3.05) is 19.0 Å². The monoisotopic (exact) mass is 450 g/mol. The van der Waals surface area contributed by atoms with Crippen molar-refractivity contribution in [1.82, 2.24) is 4.98 Å². The van der Waals surface area contributed by atoms with E-state index < -0.39 is 4.92 Å². The van der Waals surface area contributed by atoms with Crippen molar-refractivity contribution in [1.29, 1.82) is 5.26 Å². The Morgan fingerprint density at radius 1 is 1.31 bits per heavy atom. The number of amides is 1. The summed E-state index contributed by atoms with van der Waals surface area (Å²) in [4.78, 5) is 27.3. The van der Waals surface area contributed by atoms with Crippen molar-refractivity contribution >= 4 is 34.1 Å². The van der Waals surface area contributed by atoms with E-state index >= 15 is 0 Å². The van der Waals surface area contributed by atoms with Crippen LogP contribution < -0.4 is 14.8 Å². The Bertz CT molecular complexity index is 1230. The molecule has 0 fully saturated rings. The van der Waals surface area contributed by atoms with Crippen LogP contribution in [-0.2, 0) is 4.79 Å². The van der Waals surface area contributed by atoms with Crippen molar-refractivity contribution in [2.45, 2.75) is 6.92 Å². The number of benzene rings is 2. The normalized spacial score (nSPS) is 10.5. The van der Waals surface area contributed by atoms with Gasteiger partial charge in [0.05, 0.1) is 17.7 Å². The van der Waals surface area contributed by atoms with Gasteiger partial charge in [-0.25, -0.2) is 4.98 Å². The first-order valence-corrected chi connectivity index (χ1v) is 10.2. The van der Waals surface area contributed by atoms with Gasteiger partial charge in [-0.1, -0.05) is 18.2 Å². The highest BCUT2D eigenvalue weighted by molar-refractivity contribution is 7.14. The molecule has 162 valence electrons. The van der Waals surface area contributed by atoms with E-state index in [4.69, 9.17) is 14.7 Å². The molecule has 3 aromatic rings. The number of rotatable bonds is 8. The predicted octanol–water partition coefficient (Wildman–Crippen LogP) is 4.59. The second-order valence-electron chi connectivity index (χ2n) is 6.48. The molecule has 0 unspecified atom stereocenters. The summed E-state index contributed by atoms with van der Waals surface area (Å²) < 4.78 is 10.5. The minimum atomic E-state index is -0.435. The van der Waals surface area contributed by atoms with E-state index in [2.05, 4.69) is 10.3 Å². The second kappa shape index (κ2) is 10.2. The lowest BCUT2D eigenvalue weighted by Gasteiger charge is -2.08. The molecule has 0 aliphatic carbocycles. The number of ether oxygens (including phenoxy) is 2. The van der Waals surface area contributed by atoms with Crippen molar-refractivity contribution in [2.24, 2.45) is 0 Å². The smallest absolute Gasteiger partial charge is 0.272 e. The highest BCUT2D eigenvalue weighted by Gasteiger charge is 2.14. The van der Waals surface area contributed by atoms with Gasteiger partial charge >= 0.3 is 0 Å². The van der Waals surface area contributed by atoms with Crippen LogP contribution in [0.2, 0.25) is 0 Å². The lowest BCUT2D eigenvalue weighted by molar-refractivity contribution is -0.385. The van der Waals surface area contributed by atoms with E-state index in [1.807, 2.05) is 6.07 Å². The summed E-state index contributed by atoms with van der Waals surface area (Å²) >= 11 is 1.22. The number of nitrogens with one attached hydrogen (secondary N) is 1. The van der Waals surface area contributed by atoms with Crippen LogP contribution in [0.4, 0.5) is 10.8 Å². The van der Waals surface area contributed by atoms with Crippen molar-refractivity contribution in [3.05, 3.63) is 69.1 Å². The molecule has 1 heterocycles. The molecule has 0 saturated heterocycles. The Hall–Kier alpha value is -4.23. The van der Waals surface area contributed by atoms with Gasteiger partial charge in [0.2, 0.25) is 5.91 Å². The number of anilines is 1. The average molecular weight is 450 g/mol. The summed E-state index contributed by atoms with van der Waals surface area (Å²) in [5.74, 6) is 0.492. The molecule has 0 radical (unpaired) electrons. The molecule has 0 aliphatic heterocycles. The fourth-order valence-corrected chi connectivity index (χ4v) is 3.49. The first kappa shape index (κ1) is 22.5. The molecule has 0 atom stereocenters. The maximum atomic E-state index is 12.3. The van der Waals surface area contributed by atoms with Crippen molar-refractivity contribution < 1.29 is 19.2 Å². The topological polar surface area (TPSA) is 127 Å². The number of carbonyl (C=O) groups excluding carboxylic acids is 1. The largest absolute Gasteiger partial charge is 0.493 e. The molecule has 3 rings (SSSR count). The van der Waals surface area contributed by atoms with Gasteiger partial charge < -0.3 is 9.47 Å². The van der Waals surface area contributed by atoms with Crippen molar-refractivity contribution in [3.63, 3.8) is 0 Å². The highest BCUT2D eigenvalue weighted by atomic mass is 32.1. The van der Waals surface area contributed by atoms with Gasteiger partial charge in [0.15, 0.2) is 23.2 Å². The zero-order chi connectivity index (χ0) is 23.1. The van der Waals surface area contributed by atoms with Crippen LogP contribution in [0, 0.1) is 28.4 Å². The highest BCUT2D eigenvalue weighted by Crippen LogP contribution is 2.30. The number of methoxy groups -OCH3 is 1. The van der Waals surface area contributed by atoms with Crippen LogP contribution in [0.5, 0.6) is 11.5 Å². The summed E-state index contributed by atoms with van der Waals surface area (Å²) in [7, 11) is 1.48. The van der Waals surface area contributed by atoms with E-state index in [9.17, 15) is 14.9 Å². The maximum absolute atomic E-state index is 12.3. The molecule has 1 amide bonds. The van der Waals surface area contributed by atoms with Gasteiger partial charge in [-0.05, 0) is 30.7 Å². The molecule has 1 aromatic heterocycles. The molecule has 10 heteroatoms. The van der Waals surface area contributed by atoms with E-state index in [0.29, 0.717) is 39.0 Å². The van der Waals surface area contributed by atoms with E-state index in [0.717, 1.165) is 0 Å². The quantitative estimate of drug-likeness (QED) is 0.302. The third-order valence-electron chi connectivity index (χ3n) is 4.34. The van der Waals surface area contributed by atoms with Crippen LogP contribution in [0.15, 0.2) is 47.9 Å². The van der Waals surface area contributed by atoms with Gasteiger partial charge in [-0.2, -0.15) is 5.26 Å². The second-order valence-corrected chi connectivity index (χ2v) is 7.33. The third-order valence-corrected chi connectivity index (χ3v) is 5.10. The molecular formula is C22H18N4O5S. The SMILES string of the molecule is COc1cc(/C=C/C(=O)Nc2nc(-c3ccc(C)c([N+](=O)[O-])c3)cs2)ccc1OCC#N. The fourth-order valence-electron chi connectivity index (χ4n) is 2.77. The average Bonchev–Trinajstić information content (AvgIpc) is 3.24. The fraction of sp³-hybridized carbons (Fsp3) is 0.136. The Morgan fingerprint density at radius 2 is 2.12 bits per heavy atom. The number of thiazole rings is 1. The number of nitro benzene ring substituents is 1. The molecule has 0 aliphatic rings. The summed E-state index contributed by atoms with van der Waals surface area (Å²) in [6.45, 7) is 1.57. The number of aryl methyl sites for hydroxylation is 1. The van der Waals surface area contributed by atoms with Crippen LogP contribution in [-0.4, -0.2) is 29.5 Å². The molecule has 0 bridgehead atoms. The zero-order valence-corrected chi connectivity index (χ0v) is 18.0. The first-order valence-electron chi connectivity index (χ1n) is 9.29. The van der Waals surface area contributed by atoms with Gasteiger partial charge in [0, 0.05) is 28.6 Å². The summed E-state index contributed by atoms with van der Waals surface area (Å²) in [5.41, 5.74) is 2.42. The standard InChI is InChI=1S/C22H18N4O5S/c1-14-3-6-16(12-18(14)26(28)29)17-13-32-22(24-17)25-21(27)8-5-15-4-7-19(31-10-9-23)20(11-15)30-2/h3-8,11-13H,10H2,1-2H3,(H,24,25,27)/b8-5+. The van der Waals surface area contributed by atoms with Crippen LogP contribution in [0.3, 0.4) is 0 Å². The Kier molecular flexibility index (Phi) is 7.15. The molecule has 2 aromatic carbocycles. The first-order chi connectivity index (χ1) is 15.4. The van der Waals surface area contributed by atoms with Crippen LogP contribution in [0.25, 0.3) is 17.3 Å². The number of carbonyl (C=O) groups is 1. The molecule has 1 N–H and O–H groups in total. The minimum absolute atomic E-state index is 0.0171. The number of hydrogen-bond acceptors (Lipinski definition) is 8. The Labute approximate surface area is 187 Å². The maximum Gasteiger partial charge on any atom is 0.272 e. The summed E-state index contributed by atoms with van der Waals surface area (Å²) in [5, 5.41) is 24.5. The van der Waals surface area contributed by atoms with E-state index in [1.54, 1.807) is 48.7 Å². The Morgan fingerprint density at radius 3 is 2.84 bits per heavy atom. The number of aromatic nitrogens is 1. The molecular weight excluding hydrogens is 432 g/mol. The minimum Gasteiger partial charge on any atom is -0.493 e. The third kappa shape index (κ3) is 5.47. The van der Waals surface area contributed by atoms with Gasteiger partial charge in [-0.3, -0.25) is 20.2 Å². The molecule has 0 saturated carbocycles. The number of nitriles is 1. The number of nitrogens with zero attached hydrogens (tertiary/aromatic N) is 3. The van der Waals surface area contributed by atoms with E-state index in [1.165, 1.54) is 30.6 Å². The van der Waals surface area contributed by atoms with Gasteiger partial charge in [0.25, 0.3) is 5.69 Å². The van der Waals surface area contributed by atoms with Gasteiger partial charge in [-0.15, -0.1) is 11.3 Å². The molecule has 9 nitrogen and oxygen atoms in total.